The fourth-order valence-electron chi connectivity index (χ4n) is 3.58. The zero-order chi connectivity index (χ0) is 31.5. The summed E-state index contributed by atoms with van der Waals surface area (Å²) in [6.45, 7) is 2.10. The normalized spacial score (nSPS) is 15.0. The van der Waals surface area contributed by atoms with Crippen molar-refractivity contribution in [1.82, 2.24) is 10.6 Å². The first-order valence-corrected chi connectivity index (χ1v) is 12.5. The van der Waals surface area contributed by atoms with Crippen LogP contribution in [0.25, 0.3) is 6.08 Å². The molecule has 2 unspecified atom stereocenters. The fourth-order valence-corrected chi connectivity index (χ4v) is 4.19. The number of hydrogen-bond donors (Lipinski definition) is 2. The summed E-state index contributed by atoms with van der Waals surface area (Å²) in [4.78, 5) is 24.5. The van der Waals surface area contributed by atoms with Gasteiger partial charge in [-0.25, -0.2) is 0 Å². The number of alkyl halides is 9. The lowest BCUT2D eigenvalue weighted by Crippen LogP contribution is -2.48. The predicted octanol–water partition coefficient (Wildman–Crippen LogP) is 8.81. The van der Waals surface area contributed by atoms with Gasteiger partial charge in [-0.2, -0.15) is 39.5 Å². The zero-order valence-electron chi connectivity index (χ0n) is 20.8. The van der Waals surface area contributed by atoms with Crippen molar-refractivity contribution in [2.45, 2.75) is 50.9 Å². The van der Waals surface area contributed by atoms with Gasteiger partial charge < -0.3 is 10.6 Å². The van der Waals surface area contributed by atoms with Gasteiger partial charge in [0.2, 0.25) is 5.91 Å². The molecule has 2 aromatic rings. The summed E-state index contributed by atoms with van der Waals surface area (Å²) < 4.78 is 120. The van der Waals surface area contributed by atoms with E-state index in [1.165, 1.54) is 0 Å². The van der Waals surface area contributed by atoms with E-state index in [1.807, 2.05) is 10.6 Å². The smallest absolute Gasteiger partial charge is 0.336 e. The highest BCUT2D eigenvalue weighted by Crippen LogP contribution is 2.41. The molecule has 0 aromatic heterocycles. The highest BCUT2D eigenvalue weighted by molar-refractivity contribution is 6.48. The molecule has 0 fully saturated rings. The molecule has 2 N–H and O–H groups in total. The molecule has 0 radical (unpaired) electrons. The Morgan fingerprint density at radius 3 is 1.93 bits per heavy atom. The van der Waals surface area contributed by atoms with E-state index >= 15 is 0 Å². The van der Waals surface area contributed by atoms with Crippen LogP contribution in [0, 0.1) is 5.92 Å². The summed E-state index contributed by atoms with van der Waals surface area (Å²) in [5.41, 5.74) is -3.23. The van der Waals surface area contributed by atoms with Crippen LogP contribution in [-0.2, 0) is 11.0 Å². The van der Waals surface area contributed by atoms with Crippen molar-refractivity contribution in [3.63, 3.8) is 0 Å². The monoisotopic (exact) mass is 656 g/mol. The number of amides is 2. The first-order valence-electron chi connectivity index (χ1n) is 11.4. The molecule has 4 nitrogen and oxygen atoms in total. The Kier molecular flexibility index (Phi) is 11.1. The standard InChI is InChI=1S/C25H20Cl3F9N2O2/c1-11(10-23(29,30)31)21(40)38-12(2)39-22(41)15-5-3-13(7-17(15)25(35,36)37)4-6-16(24(32,33)34)14-8-18(26)20(28)19(27)9-14/h3-9,11-12,16H,10H2,1-2H3,(H,38,40)(H,39,41)/b6-4+/t11?,12-,16?/m1/s1. The Labute approximate surface area is 242 Å². The van der Waals surface area contributed by atoms with Gasteiger partial charge in [-0.3, -0.25) is 9.59 Å². The van der Waals surface area contributed by atoms with Crippen LogP contribution in [0.5, 0.6) is 0 Å². The second-order valence-corrected chi connectivity index (χ2v) is 10.1. The summed E-state index contributed by atoms with van der Waals surface area (Å²) >= 11 is 17.4. The molecule has 2 aromatic carbocycles. The summed E-state index contributed by atoms with van der Waals surface area (Å²) in [6.07, 6.45) is -16.2. The second kappa shape index (κ2) is 13.1. The van der Waals surface area contributed by atoms with E-state index in [0.717, 1.165) is 38.1 Å². The van der Waals surface area contributed by atoms with Gasteiger partial charge in [0.05, 0.1) is 44.7 Å². The average molecular weight is 658 g/mol. The molecule has 3 atom stereocenters. The number of allylic oxidation sites excluding steroid dienone is 1. The number of hydrogen-bond acceptors (Lipinski definition) is 2. The highest BCUT2D eigenvalue weighted by atomic mass is 35.5. The fraction of sp³-hybridized carbons (Fsp3) is 0.360. The SMILES string of the molecule is CC(CC(F)(F)F)C(=O)N[C@@H](C)NC(=O)c1ccc(/C=C/C(c2cc(Cl)c(Cl)c(Cl)c2)C(F)(F)F)cc1C(F)(F)F. The van der Waals surface area contributed by atoms with Crippen molar-refractivity contribution in [2.24, 2.45) is 5.92 Å². The molecule has 0 saturated heterocycles. The second-order valence-electron chi connectivity index (χ2n) is 8.90. The molecule has 0 aliphatic rings. The minimum absolute atomic E-state index is 0.185. The molecular weight excluding hydrogens is 638 g/mol. The van der Waals surface area contributed by atoms with Gasteiger partial charge in [-0.05, 0) is 42.3 Å². The molecule has 0 aliphatic carbocycles. The Morgan fingerprint density at radius 1 is 0.878 bits per heavy atom. The van der Waals surface area contributed by atoms with E-state index < -0.39 is 71.5 Å². The Bertz CT molecular complexity index is 1290. The molecule has 41 heavy (non-hydrogen) atoms. The number of carbonyl (C=O) groups excluding carboxylic acids is 2. The molecule has 0 saturated carbocycles. The minimum Gasteiger partial charge on any atom is -0.336 e. The van der Waals surface area contributed by atoms with E-state index in [9.17, 15) is 49.1 Å². The van der Waals surface area contributed by atoms with Gasteiger partial charge >= 0.3 is 18.5 Å². The largest absolute Gasteiger partial charge is 0.417 e. The van der Waals surface area contributed by atoms with Gasteiger partial charge in [0.1, 0.15) is 0 Å². The first kappa shape index (κ1) is 34.6. The van der Waals surface area contributed by atoms with Crippen LogP contribution in [0.4, 0.5) is 39.5 Å². The zero-order valence-corrected chi connectivity index (χ0v) is 23.1. The maximum absolute atomic E-state index is 13.8. The third-order valence-electron chi connectivity index (χ3n) is 5.48. The average Bonchev–Trinajstić information content (AvgIpc) is 2.79. The summed E-state index contributed by atoms with van der Waals surface area (Å²) in [7, 11) is 0. The van der Waals surface area contributed by atoms with Crippen LogP contribution < -0.4 is 10.6 Å². The van der Waals surface area contributed by atoms with E-state index in [-0.39, 0.29) is 20.6 Å². The van der Waals surface area contributed by atoms with Crippen molar-refractivity contribution < 1.29 is 49.1 Å². The molecule has 0 bridgehead atoms. The van der Waals surface area contributed by atoms with Crippen LogP contribution >= 0.6 is 34.8 Å². The maximum atomic E-state index is 13.8. The predicted molar refractivity (Wildman–Crippen MR) is 136 cm³/mol. The molecule has 0 aliphatic heterocycles. The van der Waals surface area contributed by atoms with Crippen molar-refractivity contribution in [1.29, 1.82) is 0 Å². The quantitative estimate of drug-likeness (QED) is 0.169. The van der Waals surface area contributed by atoms with Gasteiger partial charge in [0.25, 0.3) is 5.91 Å². The van der Waals surface area contributed by atoms with Crippen molar-refractivity contribution in [3.8, 4) is 0 Å². The number of benzene rings is 2. The third kappa shape index (κ3) is 10.00. The summed E-state index contributed by atoms with van der Waals surface area (Å²) in [5, 5.41) is 3.35. The number of carbonyl (C=O) groups is 2. The van der Waals surface area contributed by atoms with Crippen LogP contribution in [0.15, 0.2) is 36.4 Å². The van der Waals surface area contributed by atoms with E-state index in [2.05, 4.69) is 0 Å². The van der Waals surface area contributed by atoms with Gasteiger partial charge in [0, 0.05) is 5.92 Å². The van der Waals surface area contributed by atoms with E-state index in [0.29, 0.717) is 18.2 Å². The molecule has 2 rings (SSSR count). The maximum Gasteiger partial charge on any atom is 0.417 e. The first-order chi connectivity index (χ1) is 18.6. The van der Waals surface area contributed by atoms with Crippen molar-refractivity contribution in [2.75, 3.05) is 0 Å². The minimum atomic E-state index is -5.13. The number of rotatable bonds is 8. The van der Waals surface area contributed by atoms with Crippen LogP contribution in [-0.4, -0.2) is 30.3 Å². The molecule has 226 valence electrons. The van der Waals surface area contributed by atoms with E-state index in [4.69, 9.17) is 34.8 Å². The summed E-state index contributed by atoms with van der Waals surface area (Å²) in [5.74, 6) is -6.32. The van der Waals surface area contributed by atoms with Crippen molar-refractivity contribution >= 4 is 52.7 Å². The van der Waals surface area contributed by atoms with Crippen LogP contribution in [0.1, 0.15) is 53.2 Å². The Hall–Kier alpha value is -2.64. The molecule has 2 amide bonds. The number of halogens is 12. The number of nitrogens with one attached hydrogen (secondary N) is 2. The molecule has 16 heteroatoms. The summed E-state index contributed by atoms with van der Waals surface area (Å²) in [6, 6.07) is 3.92. The van der Waals surface area contributed by atoms with E-state index in [1.54, 1.807) is 0 Å². The lowest BCUT2D eigenvalue weighted by Gasteiger charge is -2.21. The Morgan fingerprint density at radius 2 is 1.44 bits per heavy atom. The van der Waals surface area contributed by atoms with Gasteiger partial charge in [-0.15, -0.1) is 0 Å². The van der Waals surface area contributed by atoms with Gasteiger partial charge in [-0.1, -0.05) is 59.9 Å². The topological polar surface area (TPSA) is 58.2 Å². The molecule has 0 spiro atoms. The lowest BCUT2D eigenvalue weighted by molar-refractivity contribution is -0.153. The van der Waals surface area contributed by atoms with Gasteiger partial charge in [0.15, 0.2) is 0 Å². The van der Waals surface area contributed by atoms with Crippen LogP contribution in [0.3, 0.4) is 0 Å². The molecular formula is C25H20Cl3F9N2O2. The third-order valence-corrected chi connectivity index (χ3v) is 6.68. The van der Waals surface area contributed by atoms with Crippen LogP contribution in [0.2, 0.25) is 15.1 Å². The van der Waals surface area contributed by atoms with Crippen molar-refractivity contribution in [3.05, 3.63) is 73.7 Å². The lowest BCUT2D eigenvalue weighted by atomic mass is 9.96. The highest BCUT2D eigenvalue weighted by Gasteiger charge is 2.40. The molecule has 0 heterocycles. The Balaban J connectivity index is 2.33.